The van der Waals surface area contributed by atoms with E-state index in [1.54, 1.807) is 4.90 Å². The Bertz CT molecular complexity index is 737. The van der Waals surface area contributed by atoms with Crippen molar-refractivity contribution in [3.8, 4) is 5.75 Å². The molecule has 1 aliphatic rings. The zero-order valence-corrected chi connectivity index (χ0v) is 16.4. The number of anilines is 1. The number of hydrogen-bond acceptors (Lipinski definition) is 2. The Morgan fingerprint density at radius 2 is 1.67 bits per heavy atom. The van der Waals surface area contributed by atoms with Crippen LogP contribution in [0.5, 0.6) is 5.75 Å². The summed E-state index contributed by atoms with van der Waals surface area (Å²) in [4.78, 5) is 15.3. The number of ether oxygens (including phenoxy) is 1. The molecule has 0 radical (unpaired) electrons. The normalized spacial score (nSPS) is 19.5. The average Bonchev–Trinajstić information content (AvgIpc) is 2.67. The van der Waals surface area contributed by atoms with Crippen LogP contribution in [0, 0.1) is 6.92 Å². The fraction of sp³-hybridized carbons (Fsp3) is 0.409. The summed E-state index contributed by atoms with van der Waals surface area (Å²) in [7, 11) is 0. The number of carbonyl (C=O) groups excluding carboxylic acids is 1. The molecule has 0 unspecified atom stereocenters. The fourth-order valence-electron chi connectivity index (χ4n) is 3.62. The van der Waals surface area contributed by atoms with E-state index in [9.17, 15) is 4.79 Å². The molecule has 3 N–H and O–H groups in total. The minimum absolute atomic E-state index is 0.0801. The van der Waals surface area contributed by atoms with Crippen LogP contribution in [0.1, 0.15) is 18.1 Å². The van der Waals surface area contributed by atoms with Crippen molar-refractivity contribution >= 4 is 11.6 Å². The lowest BCUT2D eigenvalue weighted by Gasteiger charge is -2.29. The first-order valence-corrected chi connectivity index (χ1v) is 9.88. The van der Waals surface area contributed by atoms with E-state index in [-0.39, 0.29) is 5.91 Å². The van der Waals surface area contributed by atoms with Gasteiger partial charge in [0.1, 0.15) is 38.5 Å². The number of rotatable bonds is 7. The maximum Gasteiger partial charge on any atom is 0.279 e. The molecule has 0 aliphatic carbocycles. The molecule has 5 heteroatoms. The summed E-state index contributed by atoms with van der Waals surface area (Å²) in [5, 5.41) is 2.99. The van der Waals surface area contributed by atoms with E-state index in [4.69, 9.17) is 4.74 Å². The van der Waals surface area contributed by atoms with Crippen LogP contribution in [0.25, 0.3) is 0 Å². The summed E-state index contributed by atoms with van der Waals surface area (Å²) in [6.07, 6.45) is 0. The predicted molar refractivity (Wildman–Crippen MR) is 107 cm³/mol. The van der Waals surface area contributed by atoms with Crippen LogP contribution in [0.15, 0.2) is 48.5 Å². The van der Waals surface area contributed by atoms with Gasteiger partial charge in [-0.2, -0.15) is 0 Å². The van der Waals surface area contributed by atoms with Gasteiger partial charge < -0.3 is 19.9 Å². The third-order valence-electron chi connectivity index (χ3n) is 5.23. The number of benzene rings is 2. The summed E-state index contributed by atoms with van der Waals surface area (Å²) >= 11 is 0. The largest absolute Gasteiger partial charge is 0.494 e. The summed E-state index contributed by atoms with van der Waals surface area (Å²) < 4.78 is 5.43. The van der Waals surface area contributed by atoms with Crippen LogP contribution in [0.4, 0.5) is 5.69 Å². The molecule has 0 bridgehead atoms. The Morgan fingerprint density at radius 3 is 2.33 bits per heavy atom. The summed E-state index contributed by atoms with van der Waals surface area (Å²) in [5.41, 5.74) is 3.63. The van der Waals surface area contributed by atoms with Crippen molar-refractivity contribution in [1.82, 2.24) is 0 Å². The molecule has 5 nitrogen and oxygen atoms in total. The van der Waals surface area contributed by atoms with Crippen LogP contribution in [-0.2, 0) is 11.3 Å². The standard InChI is InChI=1S/C22H29N3O2/c1-3-27-21-10-8-20(9-11-21)23-22(26)17-25-14-12-24(13-15-25)16-19-7-5-4-6-18(19)2/h4-11H,3,12-17H2,1-2H3,(H,23,26)/p+2. The number of piperazine rings is 1. The van der Waals surface area contributed by atoms with E-state index in [1.165, 1.54) is 16.0 Å². The molecule has 2 aromatic carbocycles. The van der Waals surface area contributed by atoms with E-state index in [2.05, 4.69) is 36.5 Å². The second kappa shape index (κ2) is 9.53. The number of aryl methyl sites for hydroxylation is 1. The van der Waals surface area contributed by atoms with Gasteiger partial charge in [-0.15, -0.1) is 0 Å². The van der Waals surface area contributed by atoms with E-state index in [0.717, 1.165) is 44.2 Å². The highest BCUT2D eigenvalue weighted by Crippen LogP contribution is 2.15. The van der Waals surface area contributed by atoms with E-state index in [0.29, 0.717) is 13.2 Å². The Kier molecular flexibility index (Phi) is 6.85. The van der Waals surface area contributed by atoms with E-state index in [1.807, 2.05) is 31.2 Å². The van der Waals surface area contributed by atoms with Crippen LogP contribution in [0.3, 0.4) is 0 Å². The highest BCUT2D eigenvalue weighted by molar-refractivity contribution is 5.91. The van der Waals surface area contributed by atoms with E-state index >= 15 is 0 Å². The van der Waals surface area contributed by atoms with Crippen molar-refractivity contribution < 1.29 is 19.3 Å². The molecule has 0 saturated carbocycles. The Hall–Kier alpha value is -2.37. The van der Waals surface area contributed by atoms with Crippen molar-refractivity contribution in [1.29, 1.82) is 0 Å². The van der Waals surface area contributed by atoms with Gasteiger partial charge in [-0.25, -0.2) is 0 Å². The molecule has 1 saturated heterocycles. The number of hydrogen-bond donors (Lipinski definition) is 3. The summed E-state index contributed by atoms with van der Waals surface area (Å²) in [5.74, 6) is 0.908. The molecule has 1 amide bonds. The van der Waals surface area contributed by atoms with Crippen LogP contribution < -0.4 is 19.9 Å². The molecule has 1 aliphatic heterocycles. The molecule has 0 atom stereocenters. The third kappa shape index (κ3) is 5.81. The zero-order valence-electron chi connectivity index (χ0n) is 16.4. The maximum atomic E-state index is 12.3. The molecule has 144 valence electrons. The first-order valence-electron chi connectivity index (χ1n) is 9.88. The number of amides is 1. The number of nitrogens with one attached hydrogen (secondary N) is 3. The second-order valence-electron chi connectivity index (χ2n) is 7.29. The van der Waals surface area contributed by atoms with Crippen molar-refractivity contribution in [2.24, 2.45) is 0 Å². The minimum Gasteiger partial charge on any atom is -0.494 e. The molecule has 3 rings (SSSR count). The lowest BCUT2D eigenvalue weighted by atomic mass is 10.1. The molecule has 1 fully saturated rings. The number of quaternary nitrogens is 2. The smallest absolute Gasteiger partial charge is 0.279 e. The lowest BCUT2D eigenvalue weighted by Crippen LogP contribution is -3.28. The van der Waals surface area contributed by atoms with Crippen molar-refractivity contribution in [2.45, 2.75) is 20.4 Å². The van der Waals surface area contributed by atoms with Gasteiger partial charge in [0.25, 0.3) is 5.91 Å². The predicted octanol–water partition coefficient (Wildman–Crippen LogP) is 0.316. The Morgan fingerprint density at radius 1 is 1.00 bits per heavy atom. The molecule has 27 heavy (non-hydrogen) atoms. The van der Waals surface area contributed by atoms with E-state index < -0.39 is 0 Å². The Balaban J connectivity index is 1.42. The number of carbonyl (C=O) groups is 1. The van der Waals surface area contributed by atoms with Gasteiger partial charge in [0.2, 0.25) is 0 Å². The van der Waals surface area contributed by atoms with Gasteiger partial charge in [-0.3, -0.25) is 4.79 Å². The summed E-state index contributed by atoms with van der Waals surface area (Å²) in [6.45, 7) is 10.7. The zero-order chi connectivity index (χ0) is 19.1. The molecular formula is C22H31N3O2+2. The maximum absolute atomic E-state index is 12.3. The third-order valence-corrected chi connectivity index (χ3v) is 5.23. The molecule has 0 aromatic heterocycles. The van der Waals surface area contributed by atoms with Crippen LogP contribution in [-0.4, -0.2) is 45.2 Å². The summed E-state index contributed by atoms with van der Waals surface area (Å²) in [6, 6.07) is 16.2. The van der Waals surface area contributed by atoms with Gasteiger partial charge in [0.15, 0.2) is 6.54 Å². The minimum atomic E-state index is 0.0801. The van der Waals surface area contributed by atoms with Gasteiger partial charge in [0.05, 0.1) is 6.61 Å². The fourth-order valence-corrected chi connectivity index (χ4v) is 3.62. The quantitative estimate of drug-likeness (QED) is 0.658. The lowest BCUT2D eigenvalue weighted by molar-refractivity contribution is -1.02. The van der Waals surface area contributed by atoms with Gasteiger partial charge in [-0.1, -0.05) is 24.3 Å². The monoisotopic (exact) mass is 369 g/mol. The second-order valence-corrected chi connectivity index (χ2v) is 7.29. The SMILES string of the molecule is CCOc1ccc(NC(=O)C[NH+]2CC[NH+](Cc3ccccc3C)CC2)cc1. The molecule has 0 spiro atoms. The highest BCUT2D eigenvalue weighted by atomic mass is 16.5. The van der Waals surface area contributed by atoms with Crippen molar-refractivity contribution in [2.75, 3.05) is 44.6 Å². The van der Waals surface area contributed by atoms with Crippen LogP contribution in [0.2, 0.25) is 0 Å². The molecular weight excluding hydrogens is 338 g/mol. The van der Waals surface area contributed by atoms with Crippen molar-refractivity contribution in [3.63, 3.8) is 0 Å². The average molecular weight is 370 g/mol. The van der Waals surface area contributed by atoms with Crippen LogP contribution >= 0.6 is 0 Å². The van der Waals surface area contributed by atoms with Gasteiger partial charge in [0, 0.05) is 11.3 Å². The van der Waals surface area contributed by atoms with Gasteiger partial charge >= 0.3 is 0 Å². The first-order chi connectivity index (χ1) is 13.1. The highest BCUT2D eigenvalue weighted by Gasteiger charge is 2.25. The first kappa shape index (κ1) is 19.4. The Labute approximate surface area is 161 Å². The van der Waals surface area contributed by atoms with Crippen molar-refractivity contribution in [3.05, 3.63) is 59.7 Å². The molecule has 2 aromatic rings. The van der Waals surface area contributed by atoms with Gasteiger partial charge in [-0.05, 0) is 43.7 Å². The topological polar surface area (TPSA) is 47.2 Å². The molecule has 1 heterocycles.